The average molecular weight is 480 g/mol. The second-order valence-corrected chi connectivity index (χ2v) is 8.57. The van der Waals surface area contributed by atoms with Gasteiger partial charge in [-0.05, 0) is 66.1 Å². The van der Waals surface area contributed by atoms with Crippen molar-refractivity contribution in [2.24, 2.45) is 0 Å². The van der Waals surface area contributed by atoms with Gasteiger partial charge in [0.05, 0.1) is 17.1 Å². The highest BCUT2D eigenvalue weighted by molar-refractivity contribution is 6.30. The number of benzene rings is 3. The molecule has 1 heterocycles. The van der Waals surface area contributed by atoms with Crippen LogP contribution in [-0.4, -0.2) is 48.6 Å². The number of esters is 1. The van der Waals surface area contributed by atoms with E-state index in [9.17, 15) is 14.9 Å². The molecule has 34 heavy (non-hydrogen) atoms. The van der Waals surface area contributed by atoms with Crippen molar-refractivity contribution in [3.05, 3.63) is 93.0 Å². The zero-order valence-corrected chi connectivity index (χ0v) is 19.7. The van der Waals surface area contributed by atoms with E-state index in [1.807, 2.05) is 42.5 Å². The second kappa shape index (κ2) is 10.7. The SMILES string of the molecule is CCOC(=O)c1ccc(N2CCN(Cc3cc([N+](=O)[O-])ccc3-c3ccc(Cl)cc3)CC2)cc1. The molecule has 4 rings (SSSR count). The van der Waals surface area contributed by atoms with Gasteiger partial charge in [-0.1, -0.05) is 23.7 Å². The minimum Gasteiger partial charge on any atom is -0.462 e. The van der Waals surface area contributed by atoms with Gasteiger partial charge in [0.25, 0.3) is 5.69 Å². The summed E-state index contributed by atoms with van der Waals surface area (Å²) < 4.78 is 5.05. The smallest absolute Gasteiger partial charge is 0.338 e. The number of ether oxygens (including phenoxy) is 1. The molecule has 1 fully saturated rings. The van der Waals surface area contributed by atoms with Crippen LogP contribution in [0.2, 0.25) is 5.02 Å². The molecular formula is C26H26ClN3O4. The van der Waals surface area contributed by atoms with E-state index in [0.717, 1.165) is 48.6 Å². The highest BCUT2D eigenvalue weighted by atomic mass is 35.5. The third-order valence-electron chi connectivity index (χ3n) is 5.96. The Morgan fingerprint density at radius 2 is 1.68 bits per heavy atom. The molecule has 0 atom stereocenters. The Balaban J connectivity index is 1.45. The van der Waals surface area contributed by atoms with Gasteiger partial charge in [0.15, 0.2) is 0 Å². The predicted molar refractivity (Wildman–Crippen MR) is 133 cm³/mol. The molecule has 3 aromatic carbocycles. The first-order valence-electron chi connectivity index (χ1n) is 11.2. The average Bonchev–Trinajstić information content (AvgIpc) is 2.85. The Morgan fingerprint density at radius 1 is 1.00 bits per heavy atom. The summed E-state index contributed by atoms with van der Waals surface area (Å²) in [6.45, 7) is 6.05. The van der Waals surface area contributed by atoms with Crippen LogP contribution in [0.4, 0.5) is 11.4 Å². The van der Waals surface area contributed by atoms with E-state index in [-0.39, 0.29) is 16.6 Å². The lowest BCUT2D eigenvalue weighted by molar-refractivity contribution is -0.384. The van der Waals surface area contributed by atoms with Gasteiger partial charge >= 0.3 is 5.97 Å². The topological polar surface area (TPSA) is 75.9 Å². The molecule has 3 aromatic rings. The van der Waals surface area contributed by atoms with Crippen molar-refractivity contribution in [3.8, 4) is 11.1 Å². The fourth-order valence-corrected chi connectivity index (χ4v) is 4.29. The number of hydrogen-bond donors (Lipinski definition) is 0. The summed E-state index contributed by atoms with van der Waals surface area (Å²) in [6, 6.07) is 20.0. The summed E-state index contributed by atoms with van der Waals surface area (Å²) in [4.78, 5) is 27.5. The molecular weight excluding hydrogens is 454 g/mol. The van der Waals surface area contributed by atoms with Crippen molar-refractivity contribution in [1.29, 1.82) is 0 Å². The number of nitro groups is 1. The Bertz CT molecular complexity index is 1160. The minimum atomic E-state index is -0.354. The Morgan fingerprint density at radius 3 is 2.29 bits per heavy atom. The Hall–Kier alpha value is -3.42. The van der Waals surface area contributed by atoms with Gasteiger partial charge in [-0.25, -0.2) is 4.79 Å². The molecule has 0 unspecified atom stereocenters. The maximum absolute atomic E-state index is 11.9. The van der Waals surface area contributed by atoms with E-state index in [4.69, 9.17) is 16.3 Å². The molecule has 0 amide bonds. The molecule has 0 saturated carbocycles. The van der Waals surface area contributed by atoms with Gasteiger partial charge in [0.2, 0.25) is 0 Å². The monoisotopic (exact) mass is 479 g/mol. The number of halogens is 1. The first-order chi connectivity index (χ1) is 16.4. The van der Waals surface area contributed by atoms with Crippen LogP contribution in [0, 0.1) is 10.1 Å². The summed E-state index contributed by atoms with van der Waals surface area (Å²) in [6.07, 6.45) is 0. The number of nitro benzene ring substituents is 1. The van der Waals surface area contributed by atoms with Gasteiger partial charge in [0.1, 0.15) is 0 Å². The molecule has 0 bridgehead atoms. The lowest BCUT2D eigenvalue weighted by atomic mass is 9.98. The third kappa shape index (κ3) is 5.55. The number of anilines is 1. The fourth-order valence-electron chi connectivity index (χ4n) is 4.16. The highest BCUT2D eigenvalue weighted by Gasteiger charge is 2.20. The highest BCUT2D eigenvalue weighted by Crippen LogP contribution is 2.30. The van der Waals surface area contributed by atoms with E-state index in [1.54, 1.807) is 31.2 Å². The maximum Gasteiger partial charge on any atom is 0.338 e. The van der Waals surface area contributed by atoms with Crippen LogP contribution >= 0.6 is 11.6 Å². The van der Waals surface area contributed by atoms with E-state index >= 15 is 0 Å². The number of carbonyl (C=O) groups excluding carboxylic acids is 1. The summed E-state index contributed by atoms with van der Waals surface area (Å²) in [7, 11) is 0. The molecule has 1 aliphatic rings. The molecule has 0 aromatic heterocycles. The maximum atomic E-state index is 11.9. The van der Waals surface area contributed by atoms with Crippen LogP contribution in [0.15, 0.2) is 66.7 Å². The zero-order chi connectivity index (χ0) is 24.1. The largest absolute Gasteiger partial charge is 0.462 e. The predicted octanol–water partition coefficient (Wildman–Crippen LogP) is 5.41. The zero-order valence-electron chi connectivity index (χ0n) is 18.9. The number of hydrogen-bond acceptors (Lipinski definition) is 6. The van der Waals surface area contributed by atoms with Gasteiger partial charge in [-0.15, -0.1) is 0 Å². The van der Waals surface area contributed by atoms with Crippen molar-refractivity contribution in [2.75, 3.05) is 37.7 Å². The van der Waals surface area contributed by atoms with Crippen LogP contribution in [0.25, 0.3) is 11.1 Å². The quantitative estimate of drug-likeness (QED) is 0.256. The van der Waals surface area contributed by atoms with Gasteiger partial charge in [0, 0.05) is 55.6 Å². The van der Waals surface area contributed by atoms with Crippen molar-refractivity contribution in [1.82, 2.24) is 4.90 Å². The van der Waals surface area contributed by atoms with Crippen LogP contribution in [0.1, 0.15) is 22.8 Å². The molecule has 8 heteroatoms. The van der Waals surface area contributed by atoms with E-state index in [1.165, 1.54) is 0 Å². The van der Waals surface area contributed by atoms with Crippen molar-refractivity contribution >= 4 is 28.9 Å². The minimum absolute atomic E-state index is 0.0908. The van der Waals surface area contributed by atoms with Crippen LogP contribution < -0.4 is 4.90 Å². The lowest BCUT2D eigenvalue weighted by Crippen LogP contribution is -2.46. The normalized spacial score (nSPS) is 14.1. The lowest BCUT2D eigenvalue weighted by Gasteiger charge is -2.36. The summed E-state index contributed by atoms with van der Waals surface area (Å²) in [5, 5.41) is 12.0. The number of non-ortho nitro benzene ring substituents is 1. The van der Waals surface area contributed by atoms with Crippen LogP contribution in [0.5, 0.6) is 0 Å². The van der Waals surface area contributed by atoms with Crippen molar-refractivity contribution < 1.29 is 14.5 Å². The van der Waals surface area contributed by atoms with E-state index in [2.05, 4.69) is 9.80 Å². The van der Waals surface area contributed by atoms with E-state index < -0.39 is 0 Å². The first-order valence-corrected chi connectivity index (χ1v) is 11.6. The van der Waals surface area contributed by atoms with Crippen LogP contribution in [-0.2, 0) is 11.3 Å². The summed E-state index contributed by atoms with van der Waals surface area (Å²) >= 11 is 6.04. The Labute approximate surface area is 203 Å². The fraction of sp³-hybridized carbons (Fsp3) is 0.269. The molecule has 0 radical (unpaired) electrons. The molecule has 1 saturated heterocycles. The van der Waals surface area contributed by atoms with Crippen LogP contribution in [0.3, 0.4) is 0 Å². The first kappa shape index (κ1) is 23.7. The van der Waals surface area contributed by atoms with Gasteiger partial charge in [-0.3, -0.25) is 15.0 Å². The molecule has 176 valence electrons. The molecule has 0 N–H and O–H groups in total. The number of rotatable bonds is 7. The van der Waals surface area contributed by atoms with Crippen molar-refractivity contribution in [2.45, 2.75) is 13.5 Å². The standard InChI is InChI=1S/C26H26ClN3O4/c1-2-34-26(31)20-5-9-23(10-6-20)29-15-13-28(14-16-29)18-21-17-24(30(32)33)11-12-25(21)19-3-7-22(27)8-4-19/h3-12,17H,2,13-16,18H2,1H3. The second-order valence-electron chi connectivity index (χ2n) is 8.14. The van der Waals surface area contributed by atoms with Gasteiger partial charge < -0.3 is 9.64 Å². The van der Waals surface area contributed by atoms with Gasteiger partial charge in [-0.2, -0.15) is 0 Å². The Kier molecular flexibility index (Phi) is 7.45. The molecule has 1 aliphatic heterocycles. The molecule has 7 nitrogen and oxygen atoms in total. The number of nitrogens with zero attached hydrogens (tertiary/aromatic N) is 3. The number of carbonyl (C=O) groups is 1. The molecule has 0 aliphatic carbocycles. The molecule has 0 spiro atoms. The van der Waals surface area contributed by atoms with Crippen molar-refractivity contribution in [3.63, 3.8) is 0 Å². The summed E-state index contributed by atoms with van der Waals surface area (Å²) in [5.74, 6) is -0.313. The van der Waals surface area contributed by atoms with E-state index in [0.29, 0.717) is 23.7 Å². The third-order valence-corrected chi connectivity index (χ3v) is 6.22. The summed E-state index contributed by atoms with van der Waals surface area (Å²) in [5.41, 5.74) is 4.57. The number of piperazine rings is 1.